The molecular weight excluding hydrogens is 446 g/mol. The van der Waals surface area contributed by atoms with Crippen LogP contribution < -0.4 is 14.8 Å². The van der Waals surface area contributed by atoms with Crippen molar-refractivity contribution in [3.8, 4) is 11.5 Å². The van der Waals surface area contributed by atoms with Crippen LogP contribution in [-0.4, -0.2) is 44.8 Å². The number of dihydropyridines is 1. The first-order valence-electron chi connectivity index (χ1n) is 12.6. The second-order valence-corrected chi connectivity index (χ2v) is 10.4. The van der Waals surface area contributed by atoms with Crippen LogP contribution in [0.1, 0.15) is 71.3 Å². The summed E-state index contributed by atoms with van der Waals surface area (Å²) in [5.41, 5.74) is 3.34. The third-order valence-electron chi connectivity index (χ3n) is 6.87. The van der Waals surface area contributed by atoms with E-state index in [1.54, 1.807) is 7.11 Å². The molecule has 0 amide bonds. The number of rotatable bonds is 8. The van der Waals surface area contributed by atoms with E-state index >= 15 is 0 Å². The summed E-state index contributed by atoms with van der Waals surface area (Å²) < 4.78 is 22.8. The Bertz CT molecular complexity index is 1050. The summed E-state index contributed by atoms with van der Waals surface area (Å²) in [6.07, 6.45) is 3.82. The van der Waals surface area contributed by atoms with E-state index in [1.165, 1.54) is 0 Å². The first-order chi connectivity index (χ1) is 16.7. The lowest BCUT2D eigenvalue weighted by Crippen LogP contribution is -2.39. The second kappa shape index (κ2) is 10.4. The molecule has 7 heteroatoms. The minimum atomic E-state index is -0.541. The molecule has 1 aromatic carbocycles. The number of carbonyl (C=O) groups excluding carboxylic acids is 2. The SMILES string of the molecule is CCCOc1ccc([C@H]2C(C(=O)OC[C@H]3CCCO3)=C(C)NC3=C2C(=O)CC(C)(C)C3)cc1OC. The van der Waals surface area contributed by atoms with Crippen LogP contribution in [0.2, 0.25) is 0 Å². The Morgan fingerprint density at radius 3 is 2.71 bits per heavy atom. The van der Waals surface area contributed by atoms with Gasteiger partial charge in [0.2, 0.25) is 0 Å². The van der Waals surface area contributed by atoms with Gasteiger partial charge in [0.25, 0.3) is 0 Å². The van der Waals surface area contributed by atoms with Crippen LogP contribution in [-0.2, 0) is 19.1 Å². The van der Waals surface area contributed by atoms with Gasteiger partial charge in [-0.3, -0.25) is 4.79 Å². The van der Waals surface area contributed by atoms with Gasteiger partial charge in [-0.2, -0.15) is 0 Å². The maximum atomic E-state index is 13.5. The van der Waals surface area contributed by atoms with Gasteiger partial charge >= 0.3 is 5.97 Å². The quantitative estimate of drug-likeness (QED) is 0.531. The molecule has 0 unspecified atom stereocenters. The van der Waals surface area contributed by atoms with Crippen molar-refractivity contribution in [2.75, 3.05) is 26.9 Å². The molecule has 0 spiro atoms. The highest BCUT2D eigenvalue weighted by atomic mass is 16.6. The molecule has 0 radical (unpaired) electrons. The number of esters is 1. The molecule has 35 heavy (non-hydrogen) atoms. The Kier molecular flexibility index (Phi) is 7.55. The molecule has 2 heterocycles. The molecule has 0 saturated carbocycles. The lowest BCUT2D eigenvalue weighted by atomic mass is 9.68. The molecule has 1 fully saturated rings. The molecule has 190 valence electrons. The standard InChI is InChI=1S/C28H37NO6/c1-6-11-34-22-10-9-18(13-23(22)32-5)25-24(27(31)35-16-19-8-7-12-33-19)17(2)29-20-14-28(3,4)15-21(30)26(20)25/h9-10,13,19,25,29H,6-8,11-12,14-16H2,1-5H3/t19-,25+/m1/s1. The summed E-state index contributed by atoms with van der Waals surface area (Å²) in [7, 11) is 1.59. The number of hydrogen-bond donors (Lipinski definition) is 1. The molecule has 1 aliphatic carbocycles. The summed E-state index contributed by atoms with van der Waals surface area (Å²) in [5.74, 6) is 0.299. The normalized spacial score (nSPS) is 23.6. The van der Waals surface area contributed by atoms with E-state index < -0.39 is 11.9 Å². The Balaban J connectivity index is 1.74. The topological polar surface area (TPSA) is 83.1 Å². The Hall–Kier alpha value is -2.80. The first-order valence-corrected chi connectivity index (χ1v) is 12.6. The number of benzene rings is 1. The van der Waals surface area contributed by atoms with Gasteiger partial charge in [-0.25, -0.2) is 4.79 Å². The third kappa shape index (κ3) is 5.40. The fourth-order valence-electron chi connectivity index (χ4n) is 5.26. The third-order valence-corrected chi connectivity index (χ3v) is 6.87. The maximum Gasteiger partial charge on any atom is 0.336 e. The van der Waals surface area contributed by atoms with Crippen molar-refractivity contribution in [1.29, 1.82) is 0 Å². The molecule has 7 nitrogen and oxygen atoms in total. The van der Waals surface area contributed by atoms with Crippen LogP contribution >= 0.6 is 0 Å². The van der Waals surface area contributed by atoms with Crippen LogP contribution in [0.5, 0.6) is 11.5 Å². The van der Waals surface area contributed by atoms with Crippen molar-refractivity contribution in [3.63, 3.8) is 0 Å². The van der Waals surface area contributed by atoms with Crippen LogP contribution in [0.3, 0.4) is 0 Å². The largest absolute Gasteiger partial charge is 0.493 e. The lowest BCUT2D eigenvalue weighted by molar-refractivity contribution is -0.142. The molecule has 0 bridgehead atoms. The Morgan fingerprint density at radius 1 is 1.23 bits per heavy atom. The predicted molar refractivity (Wildman–Crippen MR) is 132 cm³/mol. The zero-order valence-electron chi connectivity index (χ0n) is 21.5. The zero-order chi connectivity index (χ0) is 25.2. The fourth-order valence-corrected chi connectivity index (χ4v) is 5.26. The predicted octanol–water partition coefficient (Wildman–Crippen LogP) is 4.81. The minimum Gasteiger partial charge on any atom is -0.493 e. The van der Waals surface area contributed by atoms with E-state index in [2.05, 4.69) is 19.2 Å². The van der Waals surface area contributed by atoms with E-state index in [4.69, 9.17) is 18.9 Å². The monoisotopic (exact) mass is 483 g/mol. The fraction of sp³-hybridized carbons (Fsp3) is 0.571. The molecule has 1 aromatic rings. The molecular formula is C28H37NO6. The molecule has 2 aliphatic heterocycles. The lowest BCUT2D eigenvalue weighted by Gasteiger charge is -2.39. The summed E-state index contributed by atoms with van der Waals surface area (Å²) in [6, 6.07) is 5.65. The molecule has 1 saturated heterocycles. The van der Waals surface area contributed by atoms with E-state index in [-0.39, 0.29) is 23.9 Å². The minimum absolute atomic E-state index is 0.0518. The summed E-state index contributed by atoms with van der Waals surface area (Å²) in [6.45, 7) is 9.59. The van der Waals surface area contributed by atoms with E-state index in [9.17, 15) is 9.59 Å². The van der Waals surface area contributed by atoms with E-state index in [0.717, 1.165) is 36.9 Å². The first kappa shape index (κ1) is 25.3. The molecule has 2 atom stereocenters. The highest BCUT2D eigenvalue weighted by Gasteiger charge is 2.43. The number of ketones is 1. The van der Waals surface area contributed by atoms with Crippen molar-refractivity contribution < 1.29 is 28.5 Å². The van der Waals surface area contributed by atoms with Crippen LogP contribution in [0.4, 0.5) is 0 Å². The molecule has 0 aromatic heterocycles. The van der Waals surface area contributed by atoms with Gasteiger partial charge in [-0.1, -0.05) is 26.8 Å². The van der Waals surface area contributed by atoms with Crippen molar-refractivity contribution in [2.45, 2.75) is 71.8 Å². The van der Waals surface area contributed by atoms with Crippen molar-refractivity contribution in [1.82, 2.24) is 5.32 Å². The van der Waals surface area contributed by atoms with Gasteiger partial charge in [0.15, 0.2) is 17.3 Å². The van der Waals surface area contributed by atoms with Crippen molar-refractivity contribution in [3.05, 3.63) is 46.3 Å². The van der Waals surface area contributed by atoms with Gasteiger partial charge < -0.3 is 24.3 Å². The smallest absolute Gasteiger partial charge is 0.336 e. The van der Waals surface area contributed by atoms with Gasteiger partial charge in [-0.15, -0.1) is 0 Å². The van der Waals surface area contributed by atoms with Gasteiger partial charge in [-0.05, 0) is 55.7 Å². The molecule has 1 N–H and O–H groups in total. The number of ether oxygens (including phenoxy) is 4. The highest BCUT2D eigenvalue weighted by molar-refractivity contribution is 6.04. The number of allylic oxidation sites excluding steroid dienone is 3. The average molecular weight is 484 g/mol. The van der Waals surface area contributed by atoms with Crippen LogP contribution in [0.15, 0.2) is 40.7 Å². The molecule has 4 rings (SSSR count). The van der Waals surface area contributed by atoms with Crippen molar-refractivity contribution in [2.24, 2.45) is 5.41 Å². The molecule has 3 aliphatic rings. The summed E-state index contributed by atoms with van der Waals surface area (Å²) in [4.78, 5) is 26.9. The van der Waals surface area contributed by atoms with Gasteiger partial charge in [0, 0.05) is 35.9 Å². The second-order valence-electron chi connectivity index (χ2n) is 10.4. The van der Waals surface area contributed by atoms with E-state index in [1.807, 2.05) is 32.0 Å². The Morgan fingerprint density at radius 2 is 2.03 bits per heavy atom. The number of carbonyl (C=O) groups is 2. The summed E-state index contributed by atoms with van der Waals surface area (Å²) in [5, 5.41) is 3.38. The van der Waals surface area contributed by atoms with Gasteiger partial charge in [0.05, 0.1) is 25.4 Å². The number of nitrogens with one attached hydrogen (secondary N) is 1. The summed E-state index contributed by atoms with van der Waals surface area (Å²) >= 11 is 0. The number of hydrogen-bond acceptors (Lipinski definition) is 7. The average Bonchev–Trinajstić information content (AvgIpc) is 3.33. The van der Waals surface area contributed by atoms with Crippen molar-refractivity contribution >= 4 is 11.8 Å². The van der Waals surface area contributed by atoms with Crippen LogP contribution in [0, 0.1) is 5.41 Å². The number of Topliss-reactive ketones (excluding diaryl/α,β-unsaturated/α-hetero) is 1. The highest BCUT2D eigenvalue weighted by Crippen LogP contribution is 2.48. The number of methoxy groups -OCH3 is 1. The Labute approximate surface area is 207 Å². The van der Waals surface area contributed by atoms with Gasteiger partial charge in [0.1, 0.15) is 6.61 Å². The maximum absolute atomic E-state index is 13.5. The van der Waals surface area contributed by atoms with E-state index in [0.29, 0.717) is 48.0 Å². The zero-order valence-corrected chi connectivity index (χ0v) is 21.5. The van der Waals surface area contributed by atoms with Crippen LogP contribution in [0.25, 0.3) is 0 Å².